The predicted molar refractivity (Wildman–Crippen MR) is 99.0 cm³/mol. The number of benzene rings is 1. The molecule has 0 saturated carbocycles. The molecule has 1 aliphatic rings. The lowest BCUT2D eigenvalue weighted by Gasteiger charge is -2.12. The van der Waals surface area contributed by atoms with Crippen molar-refractivity contribution >= 4 is 11.9 Å². The fourth-order valence-electron chi connectivity index (χ4n) is 2.74. The largest absolute Gasteiger partial charge is 0.490 e. The molecule has 0 bridgehead atoms. The second kappa shape index (κ2) is 9.70. The normalized spacial score (nSPS) is 18.4. The van der Waals surface area contributed by atoms with Crippen LogP contribution >= 0.6 is 0 Å². The minimum Gasteiger partial charge on any atom is -0.490 e. The van der Waals surface area contributed by atoms with Crippen molar-refractivity contribution in [1.29, 1.82) is 0 Å². The molecule has 148 valence electrons. The molecule has 0 unspecified atom stereocenters. The molecule has 1 aromatic heterocycles. The van der Waals surface area contributed by atoms with E-state index in [1.807, 2.05) is 30.3 Å². The molecule has 0 spiro atoms. The van der Waals surface area contributed by atoms with Gasteiger partial charge in [0.05, 0.1) is 0 Å². The van der Waals surface area contributed by atoms with Gasteiger partial charge in [-0.2, -0.15) is 0 Å². The Kier molecular flexibility index (Phi) is 6.80. The number of nitrogens with zero attached hydrogens (tertiary/aromatic N) is 1. The van der Waals surface area contributed by atoms with Crippen molar-refractivity contribution in [2.75, 3.05) is 13.2 Å². The van der Waals surface area contributed by atoms with Gasteiger partial charge in [0.2, 0.25) is 11.8 Å². The number of hydrogen-bond donors (Lipinski definition) is 2. The van der Waals surface area contributed by atoms with E-state index in [1.54, 1.807) is 18.3 Å². The lowest BCUT2D eigenvalue weighted by molar-refractivity contribution is -0.151. The van der Waals surface area contributed by atoms with E-state index < -0.39 is 18.2 Å². The Morgan fingerprint density at radius 2 is 1.82 bits per heavy atom. The van der Waals surface area contributed by atoms with E-state index in [9.17, 15) is 9.59 Å². The summed E-state index contributed by atoms with van der Waals surface area (Å²) in [4.78, 5) is 27.1. The van der Waals surface area contributed by atoms with Crippen molar-refractivity contribution < 1.29 is 28.9 Å². The maximum atomic E-state index is 12.1. The highest BCUT2D eigenvalue weighted by molar-refractivity contribution is 5.82. The summed E-state index contributed by atoms with van der Waals surface area (Å²) in [6.45, 7) is 1.05. The number of carbonyl (C=O) groups excluding carboxylic acids is 1. The molecule has 1 fully saturated rings. The third-order valence-corrected chi connectivity index (χ3v) is 4.20. The van der Waals surface area contributed by atoms with E-state index >= 15 is 0 Å². The Balaban J connectivity index is 1.36. The summed E-state index contributed by atoms with van der Waals surface area (Å²) in [5, 5.41) is 11.6. The molecular formula is C20H22N2O6. The van der Waals surface area contributed by atoms with Crippen molar-refractivity contribution in [2.45, 2.75) is 31.6 Å². The second-order valence-corrected chi connectivity index (χ2v) is 6.26. The fraction of sp³-hybridized carbons (Fsp3) is 0.350. The van der Waals surface area contributed by atoms with Crippen molar-refractivity contribution in [3.8, 4) is 11.6 Å². The van der Waals surface area contributed by atoms with Crippen molar-refractivity contribution in [3.63, 3.8) is 0 Å². The molecule has 1 amide bonds. The highest BCUT2D eigenvalue weighted by Crippen LogP contribution is 2.20. The maximum Gasteiger partial charge on any atom is 0.332 e. The van der Waals surface area contributed by atoms with Gasteiger partial charge < -0.3 is 24.6 Å². The van der Waals surface area contributed by atoms with Crippen molar-refractivity contribution in [3.05, 3.63) is 54.2 Å². The van der Waals surface area contributed by atoms with E-state index in [0.717, 1.165) is 11.3 Å². The monoisotopic (exact) mass is 386 g/mol. The number of rotatable bonds is 9. The maximum absolute atomic E-state index is 12.1. The van der Waals surface area contributed by atoms with Gasteiger partial charge in [0.15, 0.2) is 6.10 Å². The van der Waals surface area contributed by atoms with E-state index in [4.69, 9.17) is 19.3 Å². The van der Waals surface area contributed by atoms with Gasteiger partial charge in [-0.25, -0.2) is 9.78 Å². The standard InChI is InChI=1S/C20H22N2O6/c23-19(16-7-8-17(28-16)20(24)25)22-13-14-6-9-18(21-12-14)27-11-10-26-15-4-2-1-3-5-15/h1-6,9,12,16-17H,7-8,10-11,13H2,(H,22,23)(H,24,25)/t16-,17+/m0/s1. The number of aliphatic carboxylic acids is 1. The van der Waals surface area contributed by atoms with Gasteiger partial charge in [0.25, 0.3) is 0 Å². The van der Waals surface area contributed by atoms with Crippen LogP contribution in [0.5, 0.6) is 11.6 Å². The number of amides is 1. The minimum atomic E-state index is -1.04. The van der Waals surface area contributed by atoms with E-state index in [1.165, 1.54) is 0 Å². The first-order chi connectivity index (χ1) is 13.6. The van der Waals surface area contributed by atoms with Crippen LogP contribution in [0.25, 0.3) is 0 Å². The average molecular weight is 386 g/mol. The summed E-state index contributed by atoms with van der Waals surface area (Å²) in [5.74, 6) is -0.104. The van der Waals surface area contributed by atoms with Crippen LogP contribution in [0.1, 0.15) is 18.4 Å². The number of carboxylic acids is 1. The lowest BCUT2D eigenvalue weighted by atomic mass is 10.2. The predicted octanol–water partition coefficient (Wildman–Crippen LogP) is 1.79. The van der Waals surface area contributed by atoms with E-state index in [0.29, 0.717) is 31.9 Å². The van der Waals surface area contributed by atoms with Crippen LogP contribution in [0.4, 0.5) is 0 Å². The van der Waals surface area contributed by atoms with Crippen LogP contribution in [0.3, 0.4) is 0 Å². The molecule has 2 aromatic rings. The molecule has 2 heterocycles. The Hall–Kier alpha value is -3.13. The highest BCUT2D eigenvalue weighted by Gasteiger charge is 2.34. The molecular weight excluding hydrogens is 364 g/mol. The molecule has 0 radical (unpaired) electrons. The van der Waals surface area contributed by atoms with Crippen molar-refractivity contribution in [1.82, 2.24) is 10.3 Å². The van der Waals surface area contributed by atoms with Crippen LogP contribution in [-0.2, 0) is 20.9 Å². The van der Waals surface area contributed by atoms with Gasteiger partial charge in [0.1, 0.15) is 25.1 Å². The zero-order valence-electron chi connectivity index (χ0n) is 15.2. The molecule has 8 heteroatoms. The third kappa shape index (κ3) is 5.68. The fourth-order valence-corrected chi connectivity index (χ4v) is 2.74. The molecule has 1 aromatic carbocycles. The summed E-state index contributed by atoms with van der Waals surface area (Å²) < 4.78 is 16.3. The number of pyridine rings is 1. The molecule has 1 aliphatic heterocycles. The zero-order valence-corrected chi connectivity index (χ0v) is 15.2. The van der Waals surface area contributed by atoms with Crippen molar-refractivity contribution in [2.24, 2.45) is 0 Å². The van der Waals surface area contributed by atoms with Gasteiger partial charge >= 0.3 is 5.97 Å². The SMILES string of the molecule is O=C(NCc1ccc(OCCOc2ccccc2)nc1)[C@@H]1CC[C@H](C(=O)O)O1. The van der Waals surface area contributed by atoms with Gasteiger partial charge in [-0.1, -0.05) is 24.3 Å². The first-order valence-electron chi connectivity index (χ1n) is 9.03. The van der Waals surface area contributed by atoms with Crippen LogP contribution in [0, 0.1) is 0 Å². The summed E-state index contributed by atoms with van der Waals surface area (Å²) in [5.41, 5.74) is 0.800. The van der Waals surface area contributed by atoms with Crippen LogP contribution < -0.4 is 14.8 Å². The smallest absolute Gasteiger partial charge is 0.332 e. The van der Waals surface area contributed by atoms with E-state index in [2.05, 4.69) is 10.3 Å². The van der Waals surface area contributed by atoms with Crippen LogP contribution in [-0.4, -0.2) is 47.4 Å². The first-order valence-corrected chi connectivity index (χ1v) is 9.03. The Morgan fingerprint density at radius 3 is 2.50 bits per heavy atom. The third-order valence-electron chi connectivity index (χ3n) is 4.20. The number of ether oxygens (including phenoxy) is 3. The minimum absolute atomic E-state index is 0.279. The molecule has 2 atom stereocenters. The average Bonchev–Trinajstić information content (AvgIpc) is 3.22. The topological polar surface area (TPSA) is 107 Å². The highest BCUT2D eigenvalue weighted by atomic mass is 16.5. The number of aromatic nitrogens is 1. The number of carbonyl (C=O) groups is 2. The van der Waals surface area contributed by atoms with E-state index in [-0.39, 0.29) is 12.5 Å². The molecule has 2 N–H and O–H groups in total. The van der Waals surface area contributed by atoms with Gasteiger partial charge in [-0.3, -0.25) is 4.79 Å². The summed E-state index contributed by atoms with van der Waals surface area (Å²) >= 11 is 0. The molecule has 28 heavy (non-hydrogen) atoms. The van der Waals surface area contributed by atoms with Crippen LogP contribution in [0.15, 0.2) is 48.7 Å². The molecule has 8 nitrogen and oxygen atoms in total. The second-order valence-electron chi connectivity index (χ2n) is 6.26. The Morgan fingerprint density at radius 1 is 1.07 bits per heavy atom. The lowest BCUT2D eigenvalue weighted by Crippen LogP contribution is -2.35. The number of hydrogen-bond acceptors (Lipinski definition) is 6. The van der Waals surface area contributed by atoms with Crippen LogP contribution in [0.2, 0.25) is 0 Å². The Bertz CT molecular complexity index is 781. The van der Waals surface area contributed by atoms with Gasteiger partial charge in [0, 0.05) is 18.8 Å². The number of carboxylic acid groups (broad SMARTS) is 1. The summed E-state index contributed by atoms with van der Waals surface area (Å²) in [6.07, 6.45) is 0.734. The molecule has 3 rings (SSSR count). The van der Waals surface area contributed by atoms with Gasteiger partial charge in [-0.15, -0.1) is 0 Å². The quantitative estimate of drug-likeness (QED) is 0.633. The molecule has 0 aliphatic carbocycles. The first kappa shape index (κ1) is 19.6. The zero-order chi connectivity index (χ0) is 19.8. The summed E-state index contributed by atoms with van der Waals surface area (Å²) in [7, 11) is 0. The Labute approximate surface area is 162 Å². The summed E-state index contributed by atoms with van der Waals surface area (Å²) in [6, 6.07) is 13.0. The van der Waals surface area contributed by atoms with Gasteiger partial charge in [-0.05, 0) is 30.5 Å². The molecule has 1 saturated heterocycles. The number of para-hydroxylation sites is 1. The number of nitrogens with one attached hydrogen (secondary N) is 1.